The average Bonchev–Trinajstić information content (AvgIpc) is 3.11. The molecular formula is C28H29F5IrN5-3. The first-order valence-electron chi connectivity index (χ1n) is 11.5. The molecule has 1 radical (unpaired) electrons. The fourth-order valence-electron chi connectivity index (χ4n) is 3.68. The molecule has 1 aromatic carbocycles. The number of hydrazone groups is 1. The summed E-state index contributed by atoms with van der Waals surface area (Å²) in [5.41, 5.74) is 1.95. The first kappa shape index (κ1) is 31.9. The summed E-state index contributed by atoms with van der Waals surface area (Å²) < 4.78 is 66.2. The molecule has 11 heteroatoms. The largest absolute Gasteiger partial charge is 0.405 e. The van der Waals surface area contributed by atoms with Gasteiger partial charge in [0.1, 0.15) is 6.34 Å². The van der Waals surface area contributed by atoms with Crippen LogP contribution in [0.25, 0.3) is 11.3 Å². The normalized spacial score (nSPS) is 15.1. The van der Waals surface area contributed by atoms with E-state index in [1.807, 2.05) is 12.1 Å². The predicted octanol–water partition coefficient (Wildman–Crippen LogP) is 6.17. The van der Waals surface area contributed by atoms with Crippen LogP contribution in [0.4, 0.5) is 27.6 Å². The molecule has 1 aliphatic heterocycles. The van der Waals surface area contributed by atoms with Gasteiger partial charge in [0.25, 0.3) is 0 Å². The van der Waals surface area contributed by atoms with E-state index in [0.717, 1.165) is 23.8 Å². The minimum absolute atomic E-state index is 0. The minimum Gasteiger partial charge on any atom is -0.372 e. The van der Waals surface area contributed by atoms with Crippen LogP contribution in [-0.4, -0.2) is 29.4 Å². The molecule has 3 heterocycles. The number of halogens is 5. The van der Waals surface area contributed by atoms with Crippen LogP contribution >= 0.6 is 0 Å². The number of rotatable bonds is 2. The van der Waals surface area contributed by atoms with E-state index in [2.05, 4.69) is 58.7 Å². The zero-order chi connectivity index (χ0) is 28.6. The van der Waals surface area contributed by atoms with Crippen molar-refractivity contribution in [1.82, 2.24) is 9.88 Å². The molecule has 2 aromatic heterocycles. The van der Waals surface area contributed by atoms with E-state index in [1.165, 1.54) is 15.6 Å². The van der Waals surface area contributed by atoms with Crippen molar-refractivity contribution in [3.63, 3.8) is 0 Å². The van der Waals surface area contributed by atoms with Crippen molar-refractivity contribution in [2.45, 2.75) is 38.5 Å². The number of pyridine rings is 2. The molecule has 1 atom stereocenters. The van der Waals surface area contributed by atoms with Crippen LogP contribution in [0.3, 0.4) is 0 Å². The number of nitrogens with zero attached hydrogens (tertiary/aromatic N) is 5. The SMILES string of the molecule is [CH2-]c1cc(C(F)(F)F)ccc1N1N=CN(C)C1[CH2-].[CH2-]c1cc(F)nc(F)c1-c1cc(C(C)(C)C)cc[n+]1[CH2-].[Ir]. The Morgan fingerprint density at radius 3 is 2.08 bits per heavy atom. The van der Waals surface area contributed by atoms with E-state index in [9.17, 15) is 22.0 Å². The minimum atomic E-state index is -4.36. The number of benzene rings is 1. The summed E-state index contributed by atoms with van der Waals surface area (Å²) in [6, 6.07) is 8.26. The second kappa shape index (κ2) is 11.8. The average molecular weight is 723 g/mol. The summed E-state index contributed by atoms with van der Waals surface area (Å²) in [6.45, 7) is 17.4. The molecule has 0 spiro atoms. The maximum absolute atomic E-state index is 14.0. The molecule has 0 amide bonds. The van der Waals surface area contributed by atoms with Crippen molar-refractivity contribution in [1.29, 1.82) is 0 Å². The van der Waals surface area contributed by atoms with Crippen LogP contribution in [0.1, 0.15) is 43.0 Å². The van der Waals surface area contributed by atoms with Crippen LogP contribution < -0.4 is 9.58 Å². The molecule has 213 valence electrons. The molecule has 0 N–H and O–H groups in total. The molecule has 4 rings (SSSR count). The van der Waals surface area contributed by atoms with E-state index in [-0.39, 0.29) is 48.4 Å². The molecule has 0 saturated heterocycles. The molecule has 0 bridgehead atoms. The maximum Gasteiger partial charge on any atom is 0.405 e. The van der Waals surface area contributed by atoms with Crippen molar-refractivity contribution in [2.24, 2.45) is 5.10 Å². The van der Waals surface area contributed by atoms with Crippen LogP contribution in [0.15, 0.2) is 47.7 Å². The Morgan fingerprint density at radius 1 is 0.949 bits per heavy atom. The van der Waals surface area contributed by atoms with Gasteiger partial charge in [-0.2, -0.15) is 47.6 Å². The van der Waals surface area contributed by atoms with Gasteiger partial charge in [-0.15, -0.1) is 12.1 Å². The van der Waals surface area contributed by atoms with E-state index >= 15 is 0 Å². The van der Waals surface area contributed by atoms with Gasteiger partial charge in [-0.1, -0.05) is 56.2 Å². The first-order chi connectivity index (χ1) is 17.5. The number of hydrogen-bond acceptors (Lipinski definition) is 4. The molecule has 0 fully saturated rings. The van der Waals surface area contributed by atoms with Crippen LogP contribution in [0.5, 0.6) is 0 Å². The van der Waals surface area contributed by atoms with Gasteiger partial charge in [0.15, 0.2) is 11.9 Å². The Labute approximate surface area is 239 Å². The van der Waals surface area contributed by atoms with Crippen molar-refractivity contribution < 1.29 is 46.6 Å². The number of anilines is 1. The molecular weight excluding hydrogens is 694 g/mol. The Hall–Kier alpha value is -3.30. The van der Waals surface area contributed by atoms with Gasteiger partial charge in [0.2, 0.25) is 0 Å². The van der Waals surface area contributed by atoms with Crippen molar-refractivity contribution >= 4 is 12.0 Å². The quantitative estimate of drug-likeness (QED) is 0.138. The van der Waals surface area contributed by atoms with E-state index < -0.39 is 23.6 Å². The van der Waals surface area contributed by atoms with Gasteiger partial charge in [0, 0.05) is 34.2 Å². The van der Waals surface area contributed by atoms with Crippen LogP contribution in [0, 0.1) is 39.7 Å². The fourth-order valence-corrected chi connectivity index (χ4v) is 3.68. The molecule has 1 unspecified atom stereocenters. The van der Waals surface area contributed by atoms with Gasteiger partial charge in [-0.3, -0.25) is 0 Å². The zero-order valence-corrected chi connectivity index (χ0v) is 24.4. The van der Waals surface area contributed by atoms with Gasteiger partial charge in [-0.25, -0.2) is 9.37 Å². The van der Waals surface area contributed by atoms with Gasteiger partial charge >= 0.3 is 6.18 Å². The van der Waals surface area contributed by atoms with Crippen LogP contribution in [-0.2, 0) is 31.7 Å². The summed E-state index contributed by atoms with van der Waals surface area (Å²) in [5.74, 6) is -1.75. The third-order valence-corrected chi connectivity index (χ3v) is 5.95. The zero-order valence-electron chi connectivity index (χ0n) is 22.0. The van der Waals surface area contributed by atoms with Gasteiger partial charge in [-0.05, 0) is 22.8 Å². The number of alkyl halides is 3. The molecule has 0 saturated carbocycles. The summed E-state index contributed by atoms with van der Waals surface area (Å²) in [4.78, 5) is 4.98. The van der Waals surface area contributed by atoms with E-state index in [0.29, 0.717) is 11.4 Å². The number of hydrogen-bond donors (Lipinski definition) is 0. The monoisotopic (exact) mass is 723 g/mol. The van der Waals surface area contributed by atoms with Crippen LogP contribution in [0.2, 0.25) is 0 Å². The topological polar surface area (TPSA) is 35.6 Å². The molecule has 0 aliphatic carbocycles. The smallest absolute Gasteiger partial charge is 0.372 e. The molecule has 3 aromatic rings. The third-order valence-electron chi connectivity index (χ3n) is 5.95. The Bertz CT molecular complexity index is 1330. The molecule has 1 aliphatic rings. The van der Waals surface area contributed by atoms with Gasteiger partial charge < -0.3 is 21.4 Å². The first-order valence-corrected chi connectivity index (χ1v) is 11.5. The Balaban J connectivity index is 0.000000268. The van der Waals surface area contributed by atoms with E-state index in [1.54, 1.807) is 24.5 Å². The van der Waals surface area contributed by atoms with Crippen molar-refractivity contribution in [3.05, 3.63) is 105 Å². The third kappa shape index (κ3) is 7.22. The summed E-state index contributed by atoms with van der Waals surface area (Å²) in [5, 5.41) is 5.60. The Morgan fingerprint density at radius 2 is 1.59 bits per heavy atom. The number of aromatic nitrogens is 2. The standard InChI is InChI=1S/C16H17F2N2.C12H12F3N3.Ir/c1-10-8-13(17)19-15(18)14(10)12-9-11(16(2,3)4)6-7-20(12)5;1-8-6-10(12(13,14)15)4-5-11(8)18-9(2)17(3)7-16-18;/h6-9H,1,5H2,2-4H3;4-7,9H,1-2H2,3H3;/q-1;-2;. The molecule has 39 heavy (non-hydrogen) atoms. The van der Waals surface area contributed by atoms with Crippen molar-refractivity contribution in [3.8, 4) is 11.3 Å². The Kier molecular flexibility index (Phi) is 9.69. The fraction of sp³-hybridized carbons (Fsp3) is 0.250. The van der Waals surface area contributed by atoms with E-state index in [4.69, 9.17) is 0 Å². The maximum atomic E-state index is 14.0. The molecule has 5 nitrogen and oxygen atoms in total. The van der Waals surface area contributed by atoms with Crippen molar-refractivity contribution in [2.75, 3.05) is 12.1 Å². The predicted molar refractivity (Wildman–Crippen MR) is 137 cm³/mol. The summed E-state index contributed by atoms with van der Waals surface area (Å²) in [7, 11) is 5.61. The summed E-state index contributed by atoms with van der Waals surface area (Å²) in [6.07, 6.45) is -1.34. The second-order valence-electron chi connectivity index (χ2n) is 9.85. The van der Waals surface area contributed by atoms with Gasteiger partial charge in [0.05, 0.1) is 11.9 Å². The second-order valence-corrected chi connectivity index (χ2v) is 9.85. The summed E-state index contributed by atoms with van der Waals surface area (Å²) >= 11 is 0.